The van der Waals surface area contributed by atoms with Crippen molar-refractivity contribution in [1.29, 1.82) is 0 Å². The molecule has 2 aromatic heterocycles. The van der Waals surface area contributed by atoms with Gasteiger partial charge in [-0.05, 0) is 45.2 Å². The SMILES string of the molecule is Cc1cc(C(=O)N2CCC(c3cc4n(n3)CCCN(C)C4=O)CC2)c(C)o1. The quantitative estimate of drug-likeness (QED) is 0.815. The van der Waals surface area contributed by atoms with Gasteiger partial charge in [0.25, 0.3) is 11.8 Å². The summed E-state index contributed by atoms with van der Waals surface area (Å²) in [5, 5.41) is 4.72. The molecule has 2 aromatic rings. The minimum absolute atomic E-state index is 0.0419. The molecule has 0 N–H and O–H groups in total. The molecule has 0 atom stereocenters. The zero-order valence-corrected chi connectivity index (χ0v) is 16.2. The lowest BCUT2D eigenvalue weighted by atomic mass is 9.93. The molecule has 0 saturated carbocycles. The minimum Gasteiger partial charge on any atom is -0.466 e. The van der Waals surface area contributed by atoms with Crippen molar-refractivity contribution in [2.24, 2.45) is 0 Å². The Morgan fingerprint density at radius 1 is 1.15 bits per heavy atom. The van der Waals surface area contributed by atoms with Crippen LogP contribution in [0.25, 0.3) is 0 Å². The maximum Gasteiger partial charge on any atom is 0.271 e. The van der Waals surface area contributed by atoms with Crippen molar-refractivity contribution in [2.75, 3.05) is 26.7 Å². The summed E-state index contributed by atoms with van der Waals surface area (Å²) in [4.78, 5) is 28.9. The molecule has 7 nitrogen and oxygen atoms in total. The highest BCUT2D eigenvalue weighted by Gasteiger charge is 2.30. The van der Waals surface area contributed by atoms with Gasteiger partial charge in [0.15, 0.2) is 0 Å². The van der Waals surface area contributed by atoms with Gasteiger partial charge in [0.2, 0.25) is 0 Å². The second-order valence-electron chi connectivity index (χ2n) is 7.65. The van der Waals surface area contributed by atoms with Crippen molar-refractivity contribution in [3.05, 3.63) is 40.6 Å². The number of likely N-dealkylation sites (tertiary alicyclic amines) is 1. The molecule has 0 radical (unpaired) electrons. The number of piperidine rings is 1. The third-order valence-electron chi connectivity index (χ3n) is 5.70. The Balaban J connectivity index is 1.45. The third-order valence-corrected chi connectivity index (χ3v) is 5.70. The van der Waals surface area contributed by atoms with Gasteiger partial charge >= 0.3 is 0 Å². The van der Waals surface area contributed by atoms with Crippen LogP contribution in [0.2, 0.25) is 0 Å². The summed E-state index contributed by atoms with van der Waals surface area (Å²) in [5.74, 6) is 1.82. The first-order valence-corrected chi connectivity index (χ1v) is 9.63. The van der Waals surface area contributed by atoms with Crippen LogP contribution >= 0.6 is 0 Å². The topological polar surface area (TPSA) is 71.6 Å². The molecule has 1 fully saturated rings. The summed E-state index contributed by atoms with van der Waals surface area (Å²) in [6.07, 6.45) is 2.65. The molecule has 0 unspecified atom stereocenters. The number of amides is 2. The van der Waals surface area contributed by atoms with Crippen molar-refractivity contribution in [3.63, 3.8) is 0 Å². The van der Waals surface area contributed by atoms with Gasteiger partial charge in [0.1, 0.15) is 17.2 Å². The molecule has 7 heteroatoms. The van der Waals surface area contributed by atoms with Gasteiger partial charge in [-0.25, -0.2) is 0 Å². The molecule has 4 rings (SSSR count). The normalized spacial score (nSPS) is 18.6. The number of hydrogen-bond donors (Lipinski definition) is 0. The highest BCUT2D eigenvalue weighted by molar-refractivity contribution is 5.95. The van der Waals surface area contributed by atoms with Crippen molar-refractivity contribution >= 4 is 11.8 Å². The van der Waals surface area contributed by atoms with Crippen LogP contribution in [0.5, 0.6) is 0 Å². The third kappa shape index (κ3) is 3.26. The van der Waals surface area contributed by atoms with Crippen LogP contribution < -0.4 is 0 Å². The van der Waals surface area contributed by atoms with E-state index in [1.165, 1.54) is 0 Å². The van der Waals surface area contributed by atoms with E-state index in [9.17, 15) is 9.59 Å². The summed E-state index contributed by atoms with van der Waals surface area (Å²) < 4.78 is 7.35. The molecule has 2 amide bonds. The monoisotopic (exact) mass is 370 g/mol. The van der Waals surface area contributed by atoms with E-state index in [2.05, 4.69) is 0 Å². The van der Waals surface area contributed by atoms with Gasteiger partial charge in [-0.2, -0.15) is 5.10 Å². The van der Waals surface area contributed by atoms with Crippen LogP contribution in [-0.4, -0.2) is 58.1 Å². The van der Waals surface area contributed by atoms with Crippen molar-refractivity contribution in [2.45, 2.75) is 45.6 Å². The van der Waals surface area contributed by atoms with Crippen LogP contribution in [0.1, 0.15) is 63.2 Å². The Bertz CT molecular complexity index is 874. The Morgan fingerprint density at radius 2 is 1.89 bits per heavy atom. The fourth-order valence-corrected chi connectivity index (χ4v) is 4.13. The van der Waals surface area contributed by atoms with Gasteiger partial charge in [-0.3, -0.25) is 14.3 Å². The van der Waals surface area contributed by atoms with Crippen LogP contribution in [0, 0.1) is 13.8 Å². The Labute approximate surface area is 158 Å². The zero-order valence-electron chi connectivity index (χ0n) is 16.2. The summed E-state index contributed by atoms with van der Waals surface area (Å²) in [7, 11) is 1.84. The molecule has 0 aromatic carbocycles. The molecule has 144 valence electrons. The number of carbonyl (C=O) groups excluding carboxylic acids is 2. The number of carbonyl (C=O) groups is 2. The predicted octanol–water partition coefficient (Wildman–Crippen LogP) is 2.59. The van der Waals surface area contributed by atoms with Gasteiger partial charge in [0, 0.05) is 39.1 Å². The highest BCUT2D eigenvalue weighted by Crippen LogP contribution is 2.30. The van der Waals surface area contributed by atoms with Crippen LogP contribution in [0.15, 0.2) is 16.5 Å². The molecule has 27 heavy (non-hydrogen) atoms. The maximum absolute atomic E-state index is 12.7. The number of fused-ring (bicyclic) bond motifs is 1. The van der Waals surface area contributed by atoms with E-state index in [0.717, 1.165) is 43.8 Å². The van der Waals surface area contributed by atoms with E-state index in [1.807, 2.05) is 42.6 Å². The van der Waals surface area contributed by atoms with Crippen LogP contribution in [-0.2, 0) is 6.54 Å². The summed E-state index contributed by atoms with van der Waals surface area (Å²) in [6.45, 7) is 6.63. The number of hydrogen-bond acceptors (Lipinski definition) is 4. The lowest BCUT2D eigenvalue weighted by Gasteiger charge is -2.31. The van der Waals surface area contributed by atoms with Gasteiger partial charge in [-0.1, -0.05) is 0 Å². The average molecular weight is 370 g/mol. The van der Waals surface area contributed by atoms with E-state index < -0.39 is 0 Å². The first-order chi connectivity index (χ1) is 12.9. The number of nitrogens with zero attached hydrogens (tertiary/aromatic N) is 4. The first kappa shape index (κ1) is 17.8. The largest absolute Gasteiger partial charge is 0.466 e. The number of aryl methyl sites for hydroxylation is 3. The van der Waals surface area contributed by atoms with Gasteiger partial charge in [0.05, 0.1) is 11.3 Å². The molecular formula is C20H26N4O3. The summed E-state index contributed by atoms with van der Waals surface area (Å²) >= 11 is 0. The van der Waals surface area contributed by atoms with Crippen molar-refractivity contribution in [3.8, 4) is 0 Å². The van der Waals surface area contributed by atoms with Crippen LogP contribution in [0.3, 0.4) is 0 Å². The lowest BCUT2D eigenvalue weighted by Crippen LogP contribution is -2.38. The number of furan rings is 1. The Morgan fingerprint density at radius 3 is 2.56 bits per heavy atom. The molecule has 1 saturated heterocycles. The van der Waals surface area contributed by atoms with Gasteiger partial charge in [-0.15, -0.1) is 0 Å². The van der Waals surface area contributed by atoms with Crippen molar-refractivity contribution < 1.29 is 14.0 Å². The molecule has 0 aliphatic carbocycles. The number of rotatable bonds is 2. The Hall–Kier alpha value is -2.57. The van der Waals surface area contributed by atoms with E-state index in [4.69, 9.17) is 9.52 Å². The Kier molecular flexibility index (Phi) is 4.53. The van der Waals surface area contributed by atoms with Crippen LogP contribution in [0.4, 0.5) is 0 Å². The summed E-state index contributed by atoms with van der Waals surface area (Å²) in [6, 6.07) is 3.77. The molecule has 2 aliphatic rings. The average Bonchev–Trinajstić information content (AvgIpc) is 3.20. The molecule has 2 aliphatic heterocycles. The molecule has 4 heterocycles. The van der Waals surface area contributed by atoms with Crippen molar-refractivity contribution in [1.82, 2.24) is 19.6 Å². The minimum atomic E-state index is 0.0419. The van der Waals surface area contributed by atoms with E-state index in [-0.39, 0.29) is 11.8 Å². The fourth-order valence-electron chi connectivity index (χ4n) is 4.13. The van der Waals surface area contributed by atoms with Gasteiger partial charge < -0.3 is 14.2 Å². The molecule has 0 spiro atoms. The molecular weight excluding hydrogens is 344 g/mol. The standard InChI is InChI=1S/C20H26N4O3/c1-13-11-16(14(2)27-13)19(25)23-9-5-15(6-10-23)17-12-18-20(26)22(3)7-4-8-24(18)21-17/h11-12,15H,4-10H2,1-3H3. The lowest BCUT2D eigenvalue weighted by molar-refractivity contribution is 0.0709. The van der Waals surface area contributed by atoms with E-state index in [0.29, 0.717) is 36.0 Å². The van der Waals surface area contributed by atoms with E-state index >= 15 is 0 Å². The first-order valence-electron chi connectivity index (χ1n) is 9.63. The second kappa shape index (κ2) is 6.87. The predicted molar refractivity (Wildman–Crippen MR) is 99.9 cm³/mol. The number of aromatic nitrogens is 2. The van der Waals surface area contributed by atoms with E-state index in [1.54, 1.807) is 4.90 Å². The highest BCUT2D eigenvalue weighted by atomic mass is 16.3. The second-order valence-corrected chi connectivity index (χ2v) is 7.65. The molecule has 0 bridgehead atoms. The zero-order chi connectivity index (χ0) is 19.1. The maximum atomic E-state index is 12.7. The smallest absolute Gasteiger partial charge is 0.271 e. The fraction of sp³-hybridized carbons (Fsp3) is 0.550. The summed E-state index contributed by atoms with van der Waals surface area (Å²) in [5.41, 5.74) is 2.33.